The Labute approximate surface area is 145 Å². The first-order valence-corrected chi connectivity index (χ1v) is 10.3. The molecular weight excluding hydrogens is 284 g/mol. The molecule has 2 nitrogen and oxygen atoms in total. The smallest absolute Gasteiger partial charge is 0.305 e. The minimum atomic E-state index is -0.0525. The molecule has 0 aromatic carbocycles. The molecule has 137 valence electrons. The first-order valence-electron chi connectivity index (χ1n) is 10.3. The molecule has 0 rings (SSSR count). The van der Waals surface area contributed by atoms with E-state index in [-0.39, 0.29) is 5.97 Å². The van der Waals surface area contributed by atoms with Crippen LogP contribution >= 0.6 is 0 Å². The van der Waals surface area contributed by atoms with Crippen molar-refractivity contribution in [3.05, 3.63) is 6.92 Å². The van der Waals surface area contributed by atoms with E-state index in [4.69, 9.17) is 4.74 Å². The third-order valence-electron chi connectivity index (χ3n) is 4.39. The van der Waals surface area contributed by atoms with Crippen molar-refractivity contribution < 1.29 is 9.53 Å². The van der Waals surface area contributed by atoms with E-state index in [1.54, 1.807) is 0 Å². The number of carbonyl (C=O) groups excluding carboxylic acids is 1. The summed E-state index contributed by atoms with van der Waals surface area (Å²) in [5.41, 5.74) is 0. The fraction of sp³-hybridized carbons (Fsp3) is 0.905. The van der Waals surface area contributed by atoms with Gasteiger partial charge in [-0.3, -0.25) is 4.79 Å². The largest absolute Gasteiger partial charge is 0.466 e. The van der Waals surface area contributed by atoms with E-state index < -0.39 is 0 Å². The lowest BCUT2D eigenvalue weighted by molar-refractivity contribution is -0.143. The van der Waals surface area contributed by atoms with E-state index in [0.717, 1.165) is 12.8 Å². The van der Waals surface area contributed by atoms with Crippen LogP contribution in [0.4, 0.5) is 0 Å². The summed E-state index contributed by atoms with van der Waals surface area (Å²) in [5, 5.41) is 0. The lowest BCUT2D eigenvalue weighted by Gasteiger charge is -2.04. The summed E-state index contributed by atoms with van der Waals surface area (Å²) >= 11 is 0. The summed E-state index contributed by atoms with van der Waals surface area (Å²) in [7, 11) is 0. The van der Waals surface area contributed by atoms with Crippen LogP contribution in [0.25, 0.3) is 0 Å². The van der Waals surface area contributed by atoms with Gasteiger partial charge in [-0.25, -0.2) is 0 Å². The number of esters is 1. The molecule has 23 heavy (non-hydrogen) atoms. The summed E-state index contributed by atoms with van der Waals surface area (Å²) in [6.45, 7) is 6.40. The van der Waals surface area contributed by atoms with Crippen LogP contribution in [0.2, 0.25) is 0 Å². The highest BCUT2D eigenvalue weighted by Crippen LogP contribution is 2.13. The summed E-state index contributed by atoms with van der Waals surface area (Å²) in [6, 6.07) is 0. The Hall–Kier alpha value is -0.530. The van der Waals surface area contributed by atoms with Crippen LogP contribution in [-0.4, -0.2) is 12.6 Å². The first-order chi connectivity index (χ1) is 11.3. The standard InChI is InChI=1S/C21H41O2/c1-3-5-6-7-8-9-10-11-12-13-14-15-16-17-18-19-21(22)23-20-4-2/h2-20H2,1H3. The van der Waals surface area contributed by atoms with Crippen LogP contribution in [0.5, 0.6) is 0 Å². The van der Waals surface area contributed by atoms with Crippen LogP contribution in [0.15, 0.2) is 0 Å². The molecule has 0 fully saturated rings. The molecule has 1 radical (unpaired) electrons. The molecule has 0 aliphatic carbocycles. The van der Waals surface area contributed by atoms with Gasteiger partial charge in [-0.15, -0.1) is 0 Å². The van der Waals surface area contributed by atoms with Crippen molar-refractivity contribution in [1.29, 1.82) is 0 Å². The molecule has 0 aliphatic heterocycles. The number of rotatable bonds is 18. The van der Waals surface area contributed by atoms with Crippen molar-refractivity contribution in [2.75, 3.05) is 6.61 Å². The molecule has 0 saturated carbocycles. The molecule has 0 N–H and O–H groups in total. The molecule has 0 atom stereocenters. The van der Waals surface area contributed by atoms with Gasteiger partial charge in [-0.1, -0.05) is 96.8 Å². The summed E-state index contributed by atoms with van der Waals surface area (Å²) < 4.78 is 5.01. The van der Waals surface area contributed by atoms with Gasteiger partial charge in [-0.05, 0) is 19.8 Å². The lowest BCUT2D eigenvalue weighted by Crippen LogP contribution is -2.04. The molecule has 0 saturated heterocycles. The second kappa shape index (κ2) is 19.5. The van der Waals surface area contributed by atoms with E-state index in [9.17, 15) is 4.79 Å². The fourth-order valence-corrected chi connectivity index (χ4v) is 2.90. The third-order valence-corrected chi connectivity index (χ3v) is 4.39. The molecule has 0 aliphatic rings. The van der Waals surface area contributed by atoms with Gasteiger partial charge in [0.05, 0.1) is 6.61 Å². The summed E-state index contributed by atoms with van der Waals surface area (Å²) in [4.78, 5) is 11.3. The quantitative estimate of drug-likeness (QED) is 0.200. The Balaban J connectivity index is 3.04. The van der Waals surface area contributed by atoms with Gasteiger partial charge in [0.1, 0.15) is 0 Å². The van der Waals surface area contributed by atoms with E-state index in [1.807, 2.05) is 0 Å². The Morgan fingerprint density at radius 3 is 1.48 bits per heavy atom. The highest BCUT2D eigenvalue weighted by atomic mass is 16.5. The zero-order valence-corrected chi connectivity index (χ0v) is 15.8. The predicted octanol–water partition coefficient (Wildman–Crippen LogP) is 7.02. The zero-order chi connectivity index (χ0) is 17.0. The molecule has 0 aromatic rings. The molecular formula is C21H41O2. The Morgan fingerprint density at radius 1 is 0.696 bits per heavy atom. The number of carbonyl (C=O) groups is 1. The van der Waals surface area contributed by atoms with Gasteiger partial charge in [-0.2, -0.15) is 0 Å². The van der Waals surface area contributed by atoms with Gasteiger partial charge in [0.25, 0.3) is 0 Å². The molecule has 2 heteroatoms. The molecule has 0 aromatic heterocycles. The summed E-state index contributed by atoms with van der Waals surface area (Å²) in [6.07, 6.45) is 21.5. The monoisotopic (exact) mass is 325 g/mol. The number of unbranched alkanes of at least 4 members (excludes halogenated alkanes) is 14. The normalized spacial score (nSPS) is 10.9. The number of hydrogen-bond acceptors (Lipinski definition) is 2. The zero-order valence-electron chi connectivity index (χ0n) is 15.8. The van der Waals surface area contributed by atoms with Crippen LogP contribution < -0.4 is 0 Å². The van der Waals surface area contributed by atoms with Crippen molar-refractivity contribution in [3.8, 4) is 0 Å². The Kier molecular flexibility index (Phi) is 19.1. The van der Waals surface area contributed by atoms with Crippen molar-refractivity contribution >= 4 is 5.97 Å². The maximum Gasteiger partial charge on any atom is 0.305 e. The van der Waals surface area contributed by atoms with Gasteiger partial charge in [0, 0.05) is 6.42 Å². The predicted molar refractivity (Wildman–Crippen MR) is 100 cm³/mol. The minimum Gasteiger partial charge on any atom is -0.466 e. The minimum absolute atomic E-state index is 0.0525. The highest BCUT2D eigenvalue weighted by molar-refractivity contribution is 5.69. The lowest BCUT2D eigenvalue weighted by atomic mass is 10.0. The maximum absolute atomic E-state index is 11.3. The van der Waals surface area contributed by atoms with Crippen molar-refractivity contribution in [2.45, 2.75) is 116 Å². The molecule has 0 spiro atoms. The number of ether oxygens (including phenoxy) is 1. The average molecular weight is 326 g/mol. The van der Waals surface area contributed by atoms with Crippen molar-refractivity contribution in [2.24, 2.45) is 0 Å². The SMILES string of the molecule is [CH2]CCOC(=O)CCCCCCCCCCCCCCCCC. The van der Waals surface area contributed by atoms with E-state index in [0.29, 0.717) is 19.4 Å². The van der Waals surface area contributed by atoms with Gasteiger partial charge in [0.2, 0.25) is 0 Å². The van der Waals surface area contributed by atoms with E-state index in [1.165, 1.54) is 83.5 Å². The second-order valence-corrected chi connectivity index (χ2v) is 6.77. The van der Waals surface area contributed by atoms with Gasteiger partial charge >= 0.3 is 5.97 Å². The fourth-order valence-electron chi connectivity index (χ4n) is 2.90. The van der Waals surface area contributed by atoms with E-state index in [2.05, 4.69) is 13.8 Å². The van der Waals surface area contributed by atoms with Crippen LogP contribution in [-0.2, 0) is 9.53 Å². The Bertz CT molecular complexity index is 238. The van der Waals surface area contributed by atoms with Crippen LogP contribution in [0.3, 0.4) is 0 Å². The van der Waals surface area contributed by atoms with Crippen molar-refractivity contribution in [1.82, 2.24) is 0 Å². The van der Waals surface area contributed by atoms with Crippen LogP contribution in [0.1, 0.15) is 116 Å². The number of hydrogen-bond donors (Lipinski definition) is 0. The van der Waals surface area contributed by atoms with Crippen LogP contribution in [0, 0.1) is 6.92 Å². The second-order valence-electron chi connectivity index (χ2n) is 6.77. The maximum atomic E-state index is 11.3. The van der Waals surface area contributed by atoms with Gasteiger partial charge in [0.15, 0.2) is 0 Å². The molecule has 0 bridgehead atoms. The third kappa shape index (κ3) is 19.4. The highest BCUT2D eigenvalue weighted by Gasteiger charge is 2.01. The Morgan fingerprint density at radius 2 is 1.09 bits per heavy atom. The molecule has 0 heterocycles. The van der Waals surface area contributed by atoms with E-state index >= 15 is 0 Å². The first kappa shape index (κ1) is 22.5. The van der Waals surface area contributed by atoms with Crippen molar-refractivity contribution in [3.63, 3.8) is 0 Å². The average Bonchev–Trinajstić information content (AvgIpc) is 2.56. The molecule has 0 unspecified atom stereocenters. The summed E-state index contributed by atoms with van der Waals surface area (Å²) in [5.74, 6) is -0.0525. The van der Waals surface area contributed by atoms with Gasteiger partial charge < -0.3 is 4.74 Å². The molecule has 0 amide bonds. The topological polar surface area (TPSA) is 26.3 Å².